The van der Waals surface area contributed by atoms with Crippen molar-refractivity contribution in [2.45, 2.75) is 44.2 Å². The summed E-state index contributed by atoms with van der Waals surface area (Å²) >= 11 is 0. The lowest BCUT2D eigenvalue weighted by Gasteiger charge is -2.23. The van der Waals surface area contributed by atoms with Crippen molar-refractivity contribution in [3.63, 3.8) is 0 Å². The largest absolute Gasteiger partial charge is 0.490 e. The van der Waals surface area contributed by atoms with E-state index >= 15 is 0 Å². The van der Waals surface area contributed by atoms with Gasteiger partial charge in [-0.25, -0.2) is 0 Å². The van der Waals surface area contributed by atoms with Crippen molar-refractivity contribution in [1.29, 1.82) is 0 Å². The summed E-state index contributed by atoms with van der Waals surface area (Å²) in [5.41, 5.74) is 6.05. The number of benzene rings is 1. The Bertz CT molecular complexity index is 478. The fourth-order valence-electron chi connectivity index (χ4n) is 2.51. The maximum absolute atomic E-state index is 10.8. The third kappa shape index (κ3) is 3.39. The van der Waals surface area contributed by atoms with Gasteiger partial charge in [0, 0.05) is 18.2 Å². The van der Waals surface area contributed by atoms with Gasteiger partial charge in [0.25, 0.3) is 0 Å². The molecule has 2 atom stereocenters. The summed E-state index contributed by atoms with van der Waals surface area (Å²) in [6.07, 6.45) is 5.24. The maximum atomic E-state index is 10.8. The van der Waals surface area contributed by atoms with Crippen LogP contribution < -0.4 is 15.2 Å². The van der Waals surface area contributed by atoms with Crippen molar-refractivity contribution in [2.24, 2.45) is 5.73 Å². The third-order valence-corrected chi connectivity index (χ3v) is 3.64. The number of hydrogen-bond acceptors (Lipinski definition) is 5. The van der Waals surface area contributed by atoms with Gasteiger partial charge < -0.3 is 15.2 Å². The van der Waals surface area contributed by atoms with Gasteiger partial charge in [-0.1, -0.05) is 12.8 Å². The molecule has 2 N–H and O–H groups in total. The second kappa shape index (κ2) is 6.56. The van der Waals surface area contributed by atoms with Gasteiger partial charge >= 0.3 is 5.69 Å². The van der Waals surface area contributed by atoms with Crippen molar-refractivity contribution in [3.8, 4) is 11.5 Å². The molecule has 1 saturated carbocycles. The molecule has 110 valence electrons. The van der Waals surface area contributed by atoms with Crippen molar-refractivity contribution >= 4 is 5.69 Å². The molecule has 0 spiro atoms. The number of nitrogens with two attached hydrogens (primary N) is 1. The normalized spacial score (nSPS) is 22.9. The molecule has 1 fully saturated rings. The van der Waals surface area contributed by atoms with Gasteiger partial charge in [-0.3, -0.25) is 10.1 Å². The molecule has 1 aliphatic carbocycles. The lowest BCUT2D eigenvalue weighted by molar-refractivity contribution is -0.385. The van der Waals surface area contributed by atoms with E-state index in [0.29, 0.717) is 5.75 Å². The van der Waals surface area contributed by atoms with Crippen LogP contribution in [0.15, 0.2) is 18.2 Å². The highest BCUT2D eigenvalue weighted by molar-refractivity contribution is 5.50. The first-order valence-corrected chi connectivity index (χ1v) is 6.86. The van der Waals surface area contributed by atoms with E-state index in [4.69, 9.17) is 15.2 Å². The van der Waals surface area contributed by atoms with Crippen molar-refractivity contribution in [1.82, 2.24) is 0 Å². The molecule has 20 heavy (non-hydrogen) atoms. The van der Waals surface area contributed by atoms with E-state index in [0.717, 1.165) is 25.7 Å². The highest BCUT2D eigenvalue weighted by Gasteiger charge is 2.23. The van der Waals surface area contributed by atoms with Crippen LogP contribution in [0, 0.1) is 10.1 Å². The zero-order valence-electron chi connectivity index (χ0n) is 11.6. The summed E-state index contributed by atoms with van der Waals surface area (Å²) in [6, 6.07) is 4.56. The molecule has 1 aliphatic rings. The average Bonchev–Trinajstić information content (AvgIpc) is 2.64. The summed E-state index contributed by atoms with van der Waals surface area (Å²) in [7, 11) is 1.41. The molecule has 2 rings (SSSR count). The minimum Gasteiger partial charge on any atom is -0.490 e. The van der Waals surface area contributed by atoms with Crippen molar-refractivity contribution < 1.29 is 14.4 Å². The van der Waals surface area contributed by atoms with E-state index in [2.05, 4.69) is 0 Å². The van der Waals surface area contributed by atoms with Crippen molar-refractivity contribution in [3.05, 3.63) is 28.3 Å². The molecular weight excluding hydrogens is 260 g/mol. The monoisotopic (exact) mass is 280 g/mol. The van der Waals surface area contributed by atoms with Gasteiger partial charge in [-0.15, -0.1) is 0 Å². The van der Waals surface area contributed by atoms with Gasteiger partial charge in [0.2, 0.25) is 5.75 Å². The Morgan fingerprint density at radius 2 is 2.05 bits per heavy atom. The molecular formula is C14H20N2O4. The SMILES string of the molecule is COc1cc(OC2CCCCCC2N)ccc1[N+](=O)[O-]. The second-order valence-electron chi connectivity index (χ2n) is 5.05. The highest BCUT2D eigenvalue weighted by atomic mass is 16.6. The fourth-order valence-corrected chi connectivity index (χ4v) is 2.51. The first kappa shape index (κ1) is 14.6. The number of rotatable bonds is 4. The molecule has 1 aromatic rings. The number of nitro groups is 1. The van der Waals surface area contributed by atoms with E-state index in [1.54, 1.807) is 12.1 Å². The van der Waals surface area contributed by atoms with E-state index in [1.807, 2.05) is 0 Å². The summed E-state index contributed by atoms with van der Waals surface area (Å²) in [5.74, 6) is 0.768. The summed E-state index contributed by atoms with van der Waals surface area (Å²) in [4.78, 5) is 10.4. The van der Waals surface area contributed by atoms with Crippen LogP contribution in [0.25, 0.3) is 0 Å². The fraction of sp³-hybridized carbons (Fsp3) is 0.571. The van der Waals surface area contributed by atoms with Crippen molar-refractivity contribution in [2.75, 3.05) is 7.11 Å². The molecule has 2 unspecified atom stereocenters. The molecule has 6 heteroatoms. The van der Waals surface area contributed by atoms with Crippen LogP contribution in [0.2, 0.25) is 0 Å². The number of hydrogen-bond donors (Lipinski definition) is 1. The Balaban J connectivity index is 2.14. The van der Waals surface area contributed by atoms with Gasteiger partial charge in [-0.2, -0.15) is 0 Å². The van der Waals surface area contributed by atoms with Gasteiger partial charge in [0.1, 0.15) is 11.9 Å². The Labute approximate surface area is 118 Å². The van der Waals surface area contributed by atoms with Gasteiger partial charge in [-0.05, 0) is 25.3 Å². The molecule has 0 heterocycles. The Morgan fingerprint density at radius 1 is 1.30 bits per heavy atom. The van der Waals surface area contributed by atoms with E-state index < -0.39 is 4.92 Å². The molecule has 0 saturated heterocycles. The molecule has 0 radical (unpaired) electrons. The van der Waals surface area contributed by atoms with Crippen LogP contribution in [0.4, 0.5) is 5.69 Å². The number of nitro benzene ring substituents is 1. The number of methoxy groups -OCH3 is 1. The molecule has 6 nitrogen and oxygen atoms in total. The zero-order chi connectivity index (χ0) is 14.5. The minimum absolute atomic E-state index is 0.0127. The summed E-state index contributed by atoms with van der Waals surface area (Å²) in [5, 5.41) is 10.8. The topological polar surface area (TPSA) is 87.6 Å². The maximum Gasteiger partial charge on any atom is 0.311 e. The quantitative estimate of drug-likeness (QED) is 0.520. The first-order chi connectivity index (χ1) is 9.61. The van der Waals surface area contributed by atoms with Crippen LogP contribution >= 0.6 is 0 Å². The molecule has 0 aromatic heterocycles. The van der Waals surface area contributed by atoms with Crippen LogP contribution in [0.3, 0.4) is 0 Å². The third-order valence-electron chi connectivity index (χ3n) is 3.64. The Hall–Kier alpha value is -1.82. The average molecular weight is 280 g/mol. The van der Waals surface area contributed by atoms with E-state index in [9.17, 15) is 10.1 Å². The van der Waals surface area contributed by atoms with Crippen LogP contribution in [0.1, 0.15) is 32.1 Å². The van der Waals surface area contributed by atoms with E-state index in [1.165, 1.54) is 19.6 Å². The van der Waals surface area contributed by atoms with E-state index in [-0.39, 0.29) is 23.6 Å². The number of ether oxygens (including phenoxy) is 2. The summed E-state index contributed by atoms with van der Waals surface area (Å²) in [6.45, 7) is 0. The molecule has 0 bridgehead atoms. The predicted octanol–water partition coefficient (Wildman–Crippen LogP) is 2.64. The minimum atomic E-state index is -0.472. The smallest absolute Gasteiger partial charge is 0.311 e. The van der Waals surface area contributed by atoms with Crippen LogP contribution in [-0.2, 0) is 0 Å². The summed E-state index contributed by atoms with van der Waals surface area (Å²) < 4.78 is 10.9. The Kier molecular flexibility index (Phi) is 4.79. The second-order valence-corrected chi connectivity index (χ2v) is 5.05. The Morgan fingerprint density at radius 3 is 2.75 bits per heavy atom. The van der Waals surface area contributed by atoms with Gasteiger partial charge in [0.05, 0.1) is 12.0 Å². The number of nitrogens with zero attached hydrogens (tertiary/aromatic N) is 1. The standard InChI is InChI=1S/C14H20N2O4/c1-19-14-9-10(7-8-12(14)16(17)18)20-13-6-4-2-3-5-11(13)15/h7-9,11,13H,2-6,15H2,1H3. The molecule has 1 aromatic carbocycles. The first-order valence-electron chi connectivity index (χ1n) is 6.86. The lowest BCUT2D eigenvalue weighted by atomic mass is 10.1. The molecule has 0 amide bonds. The van der Waals surface area contributed by atoms with Crippen LogP contribution in [-0.4, -0.2) is 24.2 Å². The van der Waals surface area contributed by atoms with Gasteiger partial charge in [0.15, 0.2) is 0 Å². The predicted molar refractivity (Wildman–Crippen MR) is 75.1 cm³/mol. The van der Waals surface area contributed by atoms with Crippen LogP contribution in [0.5, 0.6) is 11.5 Å². The molecule has 0 aliphatic heterocycles. The zero-order valence-corrected chi connectivity index (χ0v) is 11.6. The lowest BCUT2D eigenvalue weighted by Crippen LogP contribution is -2.37. The highest BCUT2D eigenvalue weighted by Crippen LogP contribution is 2.32.